The van der Waals surface area contributed by atoms with Crippen LogP contribution in [-0.4, -0.2) is 47.3 Å². The number of halogens is 6. The topological polar surface area (TPSA) is 40.6 Å². The zero-order valence-corrected chi connectivity index (χ0v) is 22.5. The molecule has 1 atom stereocenters. The average molecular weight is 581 g/mol. The van der Waals surface area contributed by atoms with Crippen molar-refractivity contribution in [2.24, 2.45) is 0 Å². The molecular weight excluding hydrogens is 554 g/mol. The van der Waals surface area contributed by atoms with Crippen LogP contribution in [0.15, 0.2) is 60.0 Å². The lowest BCUT2D eigenvalue weighted by molar-refractivity contribution is -0.143. The van der Waals surface area contributed by atoms with Crippen LogP contribution in [0.3, 0.4) is 0 Å². The summed E-state index contributed by atoms with van der Waals surface area (Å²) in [7, 11) is 0. The minimum Gasteiger partial charge on any atom is -0.335 e. The van der Waals surface area contributed by atoms with Crippen molar-refractivity contribution in [3.63, 3.8) is 0 Å². The monoisotopic (exact) mass is 580 g/mol. The smallest absolute Gasteiger partial charge is 0.335 e. The van der Waals surface area contributed by atoms with E-state index in [2.05, 4.69) is 0 Å². The number of aryl methyl sites for hydroxylation is 2. The third-order valence-electron chi connectivity index (χ3n) is 6.87. The molecule has 0 unspecified atom stereocenters. The number of hydrogen-bond acceptors (Lipinski definition) is 3. The predicted molar refractivity (Wildman–Crippen MR) is 141 cm³/mol. The van der Waals surface area contributed by atoms with Crippen LogP contribution in [0.4, 0.5) is 26.3 Å². The molecule has 2 heterocycles. The Morgan fingerprint density at radius 3 is 2.17 bits per heavy atom. The van der Waals surface area contributed by atoms with Crippen molar-refractivity contribution in [1.29, 1.82) is 0 Å². The molecule has 1 aliphatic heterocycles. The zero-order valence-electron chi connectivity index (χ0n) is 21.6. The van der Waals surface area contributed by atoms with Gasteiger partial charge in [0.2, 0.25) is 5.91 Å². The molecule has 1 aromatic heterocycles. The molecule has 0 bridgehead atoms. The summed E-state index contributed by atoms with van der Waals surface area (Å²) in [4.78, 5) is 30.1. The Bertz CT molecular complexity index is 1380. The maximum Gasteiger partial charge on any atom is 0.416 e. The van der Waals surface area contributed by atoms with Gasteiger partial charge in [0.25, 0.3) is 5.91 Å². The van der Waals surface area contributed by atoms with Gasteiger partial charge in [-0.2, -0.15) is 26.3 Å². The van der Waals surface area contributed by atoms with Crippen LogP contribution in [0.25, 0.3) is 6.08 Å². The van der Waals surface area contributed by atoms with Crippen molar-refractivity contribution in [1.82, 2.24) is 9.80 Å². The van der Waals surface area contributed by atoms with Gasteiger partial charge in [-0.3, -0.25) is 9.59 Å². The lowest BCUT2D eigenvalue weighted by atomic mass is 9.97. The minimum absolute atomic E-state index is 0.000123. The molecule has 1 aliphatic rings. The number of benzene rings is 2. The summed E-state index contributed by atoms with van der Waals surface area (Å²) in [6.45, 7) is 3.94. The molecule has 212 valence electrons. The molecule has 0 aliphatic carbocycles. The van der Waals surface area contributed by atoms with E-state index in [0.717, 1.165) is 21.6 Å². The van der Waals surface area contributed by atoms with E-state index in [1.165, 1.54) is 27.2 Å². The summed E-state index contributed by atoms with van der Waals surface area (Å²) in [5.74, 6) is -1.25. The second kappa shape index (κ2) is 11.5. The van der Waals surface area contributed by atoms with Gasteiger partial charge in [0.15, 0.2) is 0 Å². The Hall–Kier alpha value is -3.60. The number of thiophene rings is 1. The van der Waals surface area contributed by atoms with Gasteiger partial charge in [-0.1, -0.05) is 24.3 Å². The second-order valence-electron chi connectivity index (χ2n) is 9.70. The quantitative estimate of drug-likeness (QED) is 0.241. The van der Waals surface area contributed by atoms with Gasteiger partial charge in [-0.25, -0.2) is 0 Å². The molecule has 1 fully saturated rings. The highest BCUT2D eigenvalue weighted by Gasteiger charge is 2.39. The van der Waals surface area contributed by atoms with Crippen molar-refractivity contribution in [2.75, 3.05) is 19.6 Å². The maximum absolute atomic E-state index is 13.5. The fourth-order valence-corrected chi connectivity index (χ4v) is 5.21. The van der Waals surface area contributed by atoms with E-state index in [-0.39, 0.29) is 38.0 Å². The van der Waals surface area contributed by atoms with Crippen molar-refractivity contribution in [3.8, 4) is 0 Å². The van der Waals surface area contributed by atoms with Crippen molar-refractivity contribution in [2.45, 2.75) is 38.7 Å². The summed E-state index contributed by atoms with van der Waals surface area (Å²) in [5.41, 5.74) is -0.947. The molecule has 0 N–H and O–H groups in total. The van der Waals surface area contributed by atoms with Crippen LogP contribution in [0.5, 0.6) is 0 Å². The predicted octanol–water partition coefficient (Wildman–Crippen LogP) is 7.01. The van der Waals surface area contributed by atoms with Gasteiger partial charge in [0.05, 0.1) is 17.2 Å². The molecule has 4 rings (SSSR count). The van der Waals surface area contributed by atoms with Gasteiger partial charge in [-0.15, -0.1) is 11.3 Å². The highest BCUT2D eigenvalue weighted by molar-refractivity contribution is 7.10. The third kappa shape index (κ3) is 6.93. The maximum atomic E-state index is 13.5. The molecule has 11 heteroatoms. The molecule has 40 heavy (non-hydrogen) atoms. The highest BCUT2D eigenvalue weighted by Crippen LogP contribution is 2.37. The Morgan fingerprint density at radius 2 is 1.60 bits per heavy atom. The van der Waals surface area contributed by atoms with Gasteiger partial charge in [0, 0.05) is 36.2 Å². The summed E-state index contributed by atoms with van der Waals surface area (Å²) in [5, 5.41) is 1.87. The summed E-state index contributed by atoms with van der Waals surface area (Å²) >= 11 is 1.45. The van der Waals surface area contributed by atoms with E-state index in [0.29, 0.717) is 12.1 Å². The molecule has 2 amide bonds. The molecule has 1 saturated heterocycles. The van der Waals surface area contributed by atoms with Crippen LogP contribution in [0, 0.1) is 13.8 Å². The Labute approximate surface area is 231 Å². The zero-order chi connectivity index (χ0) is 29.2. The Balaban J connectivity index is 1.66. The number of carbonyl (C=O) groups excluding carboxylic acids is 2. The Morgan fingerprint density at radius 1 is 0.925 bits per heavy atom. The molecule has 0 radical (unpaired) electrons. The van der Waals surface area contributed by atoms with E-state index in [1.54, 1.807) is 6.08 Å². The summed E-state index contributed by atoms with van der Waals surface area (Å²) in [6.07, 6.45) is -6.80. The van der Waals surface area contributed by atoms with Crippen LogP contribution < -0.4 is 0 Å². The summed E-state index contributed by atoms with van der Waals surface area (Å²) in [6, 6.07) is 9.59. The van der Waals surface area contributed by atoms with Crippen LogP contribution in [0.1, 0.15) is 43.1 Å². The lowest BCUT2D eigenvalue weighted by Gasteiger charge is -2.41. The van der Waals surface area contributed by atoms with Gasteiger partial charge >= 0.3 is 12.4 Å². The van der Waals surface area contributed by atoms with Crippen molar-refractivity contribution < 1.29 is 35.9 Å². The van der Waals surface area contributed by atoms with Gasteiger partial charge in [0.1, 0.15) is 0 Å². The number of amides is 2. The van der Waals surface area contributed by atoms with Crippen molar-refractivity contribution >= 4 is 29.2 Å². The van der Waals surface area contributed by atoms with Crippen LogP contribution in [-0.2, 0) is 23.6 Å². The third-order valence-corrected chi connectivity index (χ3v) is 7.70. The first-order chi connectivity index (χ1) is 18.7. The normalized spacial score (nSPS) is 16.6. The number of nitrogens with zero attached hydrogens (tertiary/aromatic N) is 2. The molecule has 2 aromatic carbocycles. The highest BCUT2D eigenvalue weighted by atomic mass is 32.1. The van der Waals surface area contributed by atoms with E-state index >= 15 is 0 Å². The largest absolute Gasteiger partial charge is 0.416 e. The number of rotatable bonds is 5. The van der Waals surface area contributed by atoms with E-state index < -0.39 is 41.0 Å². The number of hydrogen-bond donors (Lipinski definition) is 0. The van der Waals surface area contributed by atoms with Crippen molar-refractivity contribution in [3.05, 3.63) is 98.2 Å². The molecule has 3 aromatic rings. The van der Waals surface area contributed by atoms with Gasteiger partial charge in [-0.05, 0) is 72.7 Å². The second-order valence-corrected chi connectivity index (χ2v) is 10.7. The first-order valence-corrected chi connectivity index (χ1v) is 13.3. The first-order valence-electron chi connectivity index (χ1n) is 12.4. The number of alkyl halides is 6. The van der Waals surface area contributed by atoms with E-state index in [9.17, 15) is 35.9 Å². The average Bonchev–Trinajstić information content (AvgIpc) is 3.41. The van der Waals surface area contributed by atoms with E-state index in [4.69, 9.17) is 0 Å². The summed E-state index contributed by atoms with van der Waals surface area (Å²) < 4.78 is 80.7. The first kappa shape index (κ1) is 29.4. The minimum atomic E-state index is -5.07. The molecular formula is C29H26F6N2O2S. The fraction of sp³-hybridized carbons (Fsp3) is 0.310. The van der Waals surface area contributed by atoms with Crippen LogP contribution >= 0.6 is 11.3 Å². The fourth-order valence-electron chi connectivity index (χ4n) is 4.59. The molecule has 0 saturated carbocycles. The number of carbonyl (C=O) groups is 2. The van der Waals surface area contributed by atoms with E-state index in [1.807, 2.05) is 49.6 Å². The SMILES string of the molecule is Cc1ccc(C[C@@H]2CN(C(=O)C=Cc3cccs3)CCN2C(=O)c2cc(C(F)(F)F)cc(C(F)(F)F)c2)cc1C. The lowest BCUT2D eigenvalue weighted by Crippen LogP contribution is -2.57. The molecule has 4 nitrogen and oxygen atoms in total. The van der Waals surface area contributed by atoms with Gasteiger partial charge < -0.3 is 9.80 Å². The van der Waals surface area contributed by atoms with Crippen LogP contribution in [0.2, 0.25) is 0 Å². The standard InChI is InChI=1S/C29H26F6N2O2S/c1-18-5-6-20(12-19(18)2)13-24-17-36(26(38)8-7-25-4-3-11-40-25)9-10-37(24)27(39)21-14-22(28(30,31)32)16-23(15-21)29(33,34)35/h3-8,11-12,14-16,24H,9-10,13,17H2,1-2H3/t24-/m1/s1. The molecule has 0 spiro atoms. The Kier molecular flexibility index (Phi) is 8.44. The number of piperazine rings is 1.